The summed E-state index contributed by atoms with van der Waals surface area (Å²) < 4.78 is 38.6. The van der Waals surface area contributed by atoms with Crippen LogP contribution in [0.2, 0.25) is 0 Å². The topological polar surface area (TPSA) is 12.0 Å². The molecule has 22 heavy (non-hydrogen) atoms. The molecule has 0 amide bonds. The molecule has 2 aromatic carbocycles. The SMILES string of the molecule is FC(F)(F)c1ccc2c(c1)CC(Cc1ccccc1)CCN2. The Morgan fingerprint density at radius 2 is 1.82 bits per heavy atom. The Kier molecular flexibility index (Phi) is 4.10. The van der Waals surface area contributed by atoms with Crippen molar-refractivity contribution in [2.75, 3.05) is 11.9 Å². The molecule has 1 unspecified atom stereocenters. The average molecular weight is 305 g/mol. The molecular formula is C18H18F3N. The summed E-state index contributed by atoms with van der Waals surface area (Å²) in [5, 5.41) is 3.25. The van der Waals surface area contributed by atoms with Gasteiger partial charge in [0.2, 0.25) is 0 Å². The molecule has 0 radical (unpaired) electrons. The molecule has 0 saturated carbocycles. The molecule has 1 nitrogen and oxygen atoms in total. The monoisotopic (exact) mass is 305 g/mol. The molecule has 1 aliphatic rings. The summed E-state index contributed by atoms with van der Waals surface area (Å²) in [7, 11) is 0. The number of hydrogen-bond acceptors (Lipinski definition) is 1. The second-order valence-corrected chi connectivity index (χ2v) is 5.85. The lowest BCUT2D eigenvalue weighted by Crippen LogP contribution is -2.10. The highest BCUT2D eigenvalue weighted by Gasteiger charge is 2.31. The fourth-order valence-electron chi connectivity index (χ4n) is 3.06. The smallest absolute Gasteiger partial charge is 0.385 e. The Bertz CT molecular complexity index is 635. The number of anilines is 1. The van der Waals surface area contributed by atoms with Gasteiger partial charge in [0.15, 0.2) is 0 Å². The molecule has 1 atom stereocenters. The van der Waals surface area contributed by atoms with Crippen molar-refractivity contribution >= 4 is 5.69 Å². The van der Waals surface area contributed by atoms with Crippen molar-refractivity contribution in [3.63, 3.8) is 0 Å². The predicted molar refractivity (Wildman–Crippen MR) is 81.9 cm³/mol. The highest BCUT2D eigenvalue weighted by atomic mass is 19.4. The minimum Gasteiger partial charge on any atom is -0.385 e. The summed E-state index contributed by atoms with van der Waals surface area (Å²) in [6.45, 7) is 0.801. The minimum absolute atomic E-state index is 0.361. The van der Waals surface area contributed by atoms with Gasteiger partial charge in [-0.2, -0.15) is 13.2 Å². The molecule has 4 heteroatoms. The van der Waals surface area contributed by atoms with Crippen LogP contribution in [0.25, 0.3) is 0 Å². The second-order valence-electron chi connectivity index (χ2n) is 5.85. The quantitative estimate of drug-likeness (QED) is 0.830. The van der Waals surface area contributed by atoms with Crippen LogP contribution in [0, 0.1) is 5.92 Å². The highest BCUT2D eigenvalue weighted by molar-refractivity contribution is 5.54. The molecular weight excluding hydrogens is 287 g/mol. The standard InChI is InChI=1S/C18H18F3N/c19-18(20,21)16-6-7-17-15(12-16)11-14(8-9-22-17)10-13-4-2-1-3-5-13/h1-7,12,14,22H,8-11H2. The summed E-state index contributed by atoms with van der Waals surface area (Å²) in [6, 6.07) is 14.1. The molecule has 0 aliphatic carbocycles. The number of rotatable bonds is 2. The molecule has 1 heterocycles. The van der Waals surface area contributed by atoms with E-state index in [1.54, 1.807) is 6.07 Å². The van der Waals surface area contributed by atoms with Gasteiger partial charge >= 0.3 is 6.18 Å². The Balaban J connectivity index is 1.82. The molecule has 116 valence electrons. The lowest BCUT2D eigenvalue weighted by atomic mass is 9.90. The first-order chi connectivity index (χ1) is 10.5. The minimum atomic E-state index is -4.28. The molecule has 3 rings (SSSR count). The van der Waals surface area contributed by atoms with Gasteiger partial charge in [0.05, 0.1) is 5.56 Å². The fourth-order valence-corrected chi connectivity index (χ4v) is 3.06. The number of halogens is 3. The van der Waals surface area contributed by atoms with Crippen molar-refractivity contribution in [1.29, 1.82) is 0 Å². The van der Waals surface area contributed by atoms with Crippen molar-refractivity contribution in [2.45, 2.75) is 25.4 Å². The number of nitrogens with one attached hydrogen (secondary N) is 1. The van der Waals surface area contributed by atoms with E-state index in [2.05, 4.69) is 17.4 Å². The summed E-state index contributed by atoms with van der Waals surface area (Å²) in [6.07, 6.45) is -1.74. The predicted octanol–water partition coefficient (Wildman–Crippen LogP) is 4.92. The van der Waals surface area contributed by atoms with Gasteiger partial charge in [-0.15, -0.1) is 0 Å². The van der Waals surface area contributed by atoms with Crippen LogP contribution in [-0.2, 0) is 19.0 Å². The summed E-state index contributed by atoms with van der Waals surface area (Å²) >= 11 is 0. The van der Waals surface area contributed by atoms with Gasteiger partial charge in [-0.3, -0.25) is 0 Å². The van der Waals surface area contributed by atoms with E-state index in [1.165, 1.54) is 11.6 Å². The average Bonchev–Trinajstić information content (AvgIpc) is 2.68. The Morgan fingerprint density at radius 3 is 2.55 bits per heavy atom. The van der Waals surface area contributed by atoms with Crippen LogP contribution in [0.3, 0.4) is 0 Å². The van der Waals surface area contributed by atoms with E-state index in [0.29, 0.717) is 12.3 Å². The van der Waals surface area contributed by atoms with Crippen molar-refractivity contribution in [3.8, 4) is 0 Å². The maximum atomic E-state index is 12.9. The number of benzene rings is 2. The molecule has 0 saturated heterocycles. The Labute approximate surface area is 128 Å². The molecule has 1 N–H and O–H groups in total. The van der Waals surface area contributed by atoms with Crippen LogP contribution in [-0.4, -0.2) is 6.54 Å². The van der Waals surface area contributed by atoms with Gasteiger partial charge < -0.3 is 5.32 Å². The van der Waals surface area contributed by atoms with Crippen molar-refractivity contribution in [3.05, 3.63) is 65.2 Å². The van der Waals surface area contributed by atoms with Crippen LogP contribution in [0.5, 0.6) is 0 Å². The Hall–Kier alpha value is -1.97. The van der Waals surface area contributed by atoms with E-state index in [9.17, 15) is 13.2 Å². The third-order valence-corrected chi connectivity index (χ3v) is 4.18. The lowest BCUT2D eigenvalue weighted by molar-refractivity contribution is -0.137. The van der Waals surface area contributed by atoms with Gasteiger partial charge in [0, 0.05) is 12.2 Å². The molecule has 0 aromatic heterocycles. The van der Waals surface area contributed by atoms with E-state index in [4.69, 9.17) is 0 Å². The van der Waals surface area contributed by atoms with E-state index >= 15 is 0 Å². The van der Waals surface area contributed by atoms with Gasteiger partial charge in [0.1, 0.15) is 0 Å². The van der Waals surface area contributed by atoms with Crippen molar-refractivity contribution in [1.82, 2.24) is 0 Å². The maximum Gasteiger partial charge on any atom is 0.416 e. The largest absolute Gasteiger partial charge is 0.416 e. The van der Waals surface area contributed by atoms with Gasteiger partial charge in [0.25, 0.3) is 0 Å². The molecule has 0 fully saturated rings. The summed E-state index contributed by atoms with van der Waals surface area (Å²) in [5.74, 6) is 0.361. The molecule has 2 aromatic rings. The number of hydrogen-bond donors (Lipinski definition) is 1. The summed E-state index contributed by atoms with van der Waals surface area (Å²) in [4.78, 5) is 0. The zero-order valence-electron chi connectivity index (χ0n) is 12.2. The van der Waals surface area contributed by atoms with Crippen LogP contribution in [0.1, 0.15) is 23.1 Å². The van der Waals surface area contributed by atoms with Gasteiger partial charge in [-0.25, -0.2) is 0 Å². The number of alkyl halides is 3. The van der Waals surface area contributed by atoms with Gasteiger partial charge in [-0.1, -0.05) is 30.3 Å². The molecule has 1 aliphatic heterocycles. The Morgan fingerprint density at radius 1 is 1.05 bits per heavy atom. The number of fused-ring (bicyclic) bond motifs is 1. The first-order valence-corrected chi connectivity index (χ1v) is 7.50. The fraction of sp³-hybridized carbons (Fsp3) is 0.333. The van der Waals surface area contributed by atoms with E-state index < -0.39 is 11.7 Å². The van der Waals surface area contributed by atoms with E-state index in [1.807, 2.05) is 18.2 Å². The zero-order valence-corrected chi connectivity index (χ0v) is 12.2. The van der Waals surface area contributed by atoms with Gasteiger partial charge in [-0.05, 0) is 54.5 Å². The maximum absolute atomic E-state index is 12.9. The van der Waals surface area contributed by atoms with Crippen LogP contribution < -0.4 is 5.32 Å². The first kappa shape index (κ1) is 14.9. The zero-order chi connectivity index (χ0) is 15.6. The summed E-state index contributed by atoms with van der Waals surface area (Å²) in [5.41, 5.74) is 2.29. The van der Waals surface area contributed by atoms with E-state index in [-0.39, 0.29) is 0 Å². The second kappa shape index (κ2) is 6.03. The molecule has 0 bridgehead atoms. The highest BCUT2D eigenvalue weighted by Crippen LogP contribution is 2.34. The van der Waals surface area contributed by atoms with Crippen molar-refractivity contribution < 1.29 is 13.2 Å². The van der Waals surface area contributed by atoms with Crippen LogP contribution in [0.15, 0.2) is 48.5 Å². The van der Waals surface area contributed by atoms with Crippen LogP contribution in [0.4, 0.5) is 18.9 Å². The lowest BCUT2D eigenvalue weighted by Gasteiger charge is -2.15. The van der Waals surface area contributed by atoms with Crippen LogP contribution >= 0.6 is 0 Å². The molecule has 0 spiro atoms. The van der Waals surface area contributed by atoms with E-state index in [0.717, 1.165) is 36.7 Å². The normalized spacial score (nSPS) is 18.2. The third-order valence-electron chi connectivity index (χ3n) is 4.18. The third kappa shape index (κ3) is 3.43. The first-order valence-electron chi connectivity index (χ1n) is 7.50. The van der Waals surface area contributed by atoms with Crippen molar-refractivity contribution in [2.24, 2.45) is 5.92 Å².